The van der Waals surface area contributed by atoms with E-state index in [1.54, 1.807) is 43.3 Å². The highest BCUT2D eigenvalue weighted by Crippen LogP contribution is 2.41. The van der Waals surface area contributed by atoms with Crippen LogP contribution in [0.15, 0.2) is 59.0 Å². The van der Waals surface area contributed by atoms with Gasteiger partial charge in [0, 0.05) is 22.1 Å². The summed E-state index contributed by atoms with van der Waals surface area (Å²) in [7, 11) is 0. The number of hydrogen-bond donors (Lipinski definition) is 2. The monoisotopic (exact) mass is 545 g/mol. The summed E-state index contributed by atoms with van der Waals surface area (Å²) in [6.45, 7) is 3.34. The van der Waals surface area contributed by atoms with Gasteiger partial charge in [0.1, 0.15) is 17.9 Å². The molecule has 2 aliphatic carbocycles. The minimum absolute atomic E-state index is 0.0224. The first-order chi connectivity index (χ1) is 18.2. The number of alkyl halides is 1. The molecular weight excluding hydrogens is 514 g/mol. The highest BCUT2D eigenvalue weighted by Gasteiger charge is 2.35. The molecular formula is C29H32ClF2N2O4+. The Labute approximate surface area is 225 Å². The van der Waals surface area contributed by atoms with Gasteiger partial charge in [-0.25, -0.2) is 13.6 Å². The number of hydrogen-bond acceptors (Lipinski definition) is 4. The van der Waals surface area contributed by atoms with Gasteiger partial charge in [-0.2, -0.15) is 0 Å². The third-order valence-corrected chi connectivity index (χ3v) is 7.61. The lowest BCUT2D eigenvalue weighted by atomic mass is 9.77. The number of carbonyl (C=O) groups is 2. The molecule has 0 aliphatic heterocycles. The zero-order valence-corrected chi connectivity index (χ0v) is 22.2. The molecule has 1 aromatic carbocycles. The van der Waals surface area contributed by atoms with Gasteiger partial charge in [0.05, 0.1) is 22.8 Å². The summed E-state index contributed by atoms with van der Waals surface area (Å²) >= 11 is 6.04. The summed E-state index contributed by atoms with van der Waals surface area (Å²) in [6.07, 6.45) is 4.06. The average Bonchev–Trinajstić information content (AvgIpc) is 2.86. The van der Waals surface area contributed by atoms with Gasteiger partial charge in [0.15, 0.2) is 0 Å². The molecule has 2 atom stereocenters. The Morgan fingerprint density at radius 3 is 2.47 bits per heavy atom. The molecule has 1 heterocycles. The highest BCUT2D eigenvalue weighted by molar-refractivity contribution is 6.31. The van der Waals surface area contributed by atoms with Gasteiger partial charge in [0.2, 0.25) is 17.8 Å². The fourth-order valence-corrected chi connectivity index (χ4v) is 5.14. The molecule has 6 nitrogen and oxygen atoms in total. The van der Waals surface area contributed by atoms with Crippen LogP contribution in [-0.2, 0) is 9.53 Å². The number of ether oxygens (including phenoxy) is 1. The van der Waals surface area contributed by atoms with Crippen molar-refractivity contribution in [3.63, 3.8) is 0 Å². The maximum absolute atomic E-state index is 15.0. The van der Waals surface area contributed by atoms with E-state index in [4.69, 9.17) is 16.3 Å². The summed E-state index contributed by atoms with van der Waals surface area (Å²) in [6, 6.07) is 9.55. The van der Waals surface area contributed by atoms with E-state index in [1.807, 2.05) is 0 Å². The standard InChI is InChI=1S/C29H31ClF2N2O4/c1-3-38-29(36)19-7-10-21(11-8-19)33-28(35)23(15-18-5-4-6-18)25-14-9-20(16-34(25)37)26-22(17(2)31)12-13-24(30)27(26)32/h7-11,14,16-18,23H,3-6,12-13,15H2,1-2H3,(H-,33,35,36,37)/p+1. The van der Waals surface area contributed by atoms with Crippen LogP contribution < -0.4 is 10.0 Å². The van der Waals surface area contributed by atoms with Crippen molar-refractivity contribution in [1.29, 1.82) is 0 Å². The van der Waals surface area contributed by atoms with Crippen LogP contribution in [0.25, 0.3) is 5.57 Å². The van der Waals surface area contributed by atoms with Gasteiger partial charge in [-0.05, 0) is 74.9 Å². The molecule has 2 unspecified atom stereocenters. The van der Waals surface area contributed by atoms with Crippen molar-refractivity contribution in [2.24, 2.45) is 5.92 Å². The number of carbonyl (C=O) groups excluding carboxylic acids is 2. The van der Waals surface area contributed by atoms with Crippen LogP contribution in [0.1, 0.15) is 79.9 Å². The Balaban J connectivity index is 1.61. The topological polar surface area (TPSA) is 79.5 Å². The Kier molecular flexibility index (Phi) is 8.82. The molecule has 38 heavy (non-hydrogen) atoms. The van der Waals surface area contributed by atoms with Gasteiger partial charge in [-0.3, -0.25) is 10.0 Å². The van der Waals surface area contributed by atoms with Crippen LogP contribution in [0.5, 0.6) is 0 Å². The second-order valence-electron chi connectivity index (χ2n) is 9.79. The van der Waals surface area contributed by atoms with Crippen molar-refractivity contribution in [2.45, 2.75) is 64.5 Å². The number of nitrogens with one attached hydrogen (secondary N) is 1. The second-order valence-corrected chi connectivity index (χ2v) is 10.3. The minimum atomic E-state index is -1.38. The maximum atomic E-state index is 15.0. The van der Waals surface area contributed by atoms with Crippen LogP contribution in [0, 0.1) is 5.92 Å². The number of rotatable bonds is 9. The minimum Gasteiger partial charge on any atom is -0.462 e. The van der Waals surface area contributed by atoms with E-state index in [-0.39, 0.29) is 47.1 Å². The van der Waals surface area contributed by atoms with Crippen molar-refractivity contribution in [3.8, 4) is 0 Å². The van der Waals surface area contributed by atoms with Crippen molar-refractivity contribution < 1.29 is 33.0 Å². The van der Waals surface area contributed by atoms with Gasteiger partial charge in [0.25, 0.3) is 0 Å². The van der Waals surface area contributed by atoms with Gasteiger partial charge >= 0.3 is 5.97 Å². The zero-order chi connectivity index (χ0) is 27.4. The smallest absolute Gasteiger partial charge is 0.338 e. The van der Waals surface area contributed by atoms with Crippen LogP contribution in [-0.4, -0.2) is 29.9 Å². The molecule has 0 radical (unpaired) electrons. The van der Waals surface area contributed by atoms with Crippen LogP contribution in [0.3, 0.4) is 0 Å². The molecule has 1 amide bonds. The molecule has 1 aromatic heterocycles. The molecule has 1 saturated carbocycles. The first-order valence-electron chi connectivity index (χ1n) is 12.9. The summed E-state index contributed by atoms with van der Waals surface area (Å²) in [5, 5.41) is 13.8. The highest BCUT2D eigenvalue weighted by atomic mass is 35.5. The molecule has 0 spiro atoms. The lowest BCUT2D eigenvalue weighted by Gasteiger charge is -2.28. The lowest BCUT2D eigenvalue weighted by Crippen LogP contribution is -2.41. The number of amides is 1. The van der Waals surface area contributed by atoms with Gasteiger partial charge in [-0.15, -0.1) is 0 Å². The van der Waals surface area contributed by atoms with Crippen LogP contribution >= 0.6 is 11.6 Å². The summed E-state index contributed by atoms with van der Waals surface area (Å²) in [5.74, 6) is -1.80. The maximum Gasteiger partial charge on any atom is 0.338 e. The molecule has 2 aliphatic rings. The number of nitrogens with zero attached hydrogens (tertiary/aromatic N) is 1. The van der Waals surface area contributed by atoms with Crippen LogP contribution in [0.2, 0.25) is 0 Å². The van der Waals surface area contributed by atoms with E-state index in [2.05, 4.69) is 5.32 Å². The molecule has 9 heteroatoms. The Hall–Kier alpha value is -3.26. The molecule has 2 aromatic rings. The number of halogens is 3. The van der Waals surface area contributed by atoms with Gasteiger partial charge in [-0.1, -0.05) is 30.9 Å². The second kappa shape index (κ2) is 12.1. The predicted octanol–water partition coefficient (Wildman–Crippen LogP) is 6.63. The average molecular weight is 546 g/mol. The van der Waals surface area contributed by atoms with Crippen molar-refractivity contribution >= 4 is 34.7 Å². The summed E-state index contributed by atoms with van der Waals surface area (Å²) in [4.78, 5) is 25.3. The Morgan fingerprint density at radius 2 is 1.89 bits per heavy atom. The molecule has 2 N–H and O–H groups in total. The van der Waals surface area contributed by atoms with E-state index < -0.39 is 23.9 Å². The number of benzene rings is 1. The van der Waals surface area contributed by atoms with E-state index in [9.17, 15) is 23.6 Å². The number of anilines is 1. The van der Waals surface area contributed by atoms with E-state index >= 15 is 0 Å². The number of pyridine rings is 1. The number of aromatic nitrogens is 1. The largest absolute Gasteiger partial charge is 0.462 e. The van der Waals surface area contributed by atoms with Crippen LogP contribution in [0.4, 0.5) is 14.5 Å². The normalized spacial score (nSPS) is 17.6. The molecule has 4 rings (SSSR count). The molecule has 0 bridgehead atoms. The third-order valence-electron chi connectivity index (χ3n) is 7.25. The number of esters is 1. The van der Waals surface area contributed by atoms with Crippen molar-refractivity contribution in [3.05, 3.63) is 75.8 Å². The third kappa shape index (κ3) is 6.07. The SMILES string of the molecule is CCOC(=O)c1ccc(NC(=O)C(CC2CCC2)c2ccc(C3=C(C(C)F)CCC(Cl)=C3F)c[n+]2O)cc1. The van der Waals surface area contributed by atoms with E-state index in [1.165, 1.54) is 13.1 Å². The Bertz CT molecular complexity index is 1270. The molecule has 1 fully saturated rings. The first kappa shape index (κ1) is 27.8. The summed E-state index contributed by atoms with van der Waals surface area (Å²) in [5.41, 5.74) is 1.83. The quantitative estimate of drug-likeness (QED) is 0.211. The zero-order valence-electron chi connectivity index (χ0n) is 21.5. The fourth-order valence-electron chi connectivity index (χ4n) is 4.95. The Morgan fingerprint density at radius 1 is 1.18 bits per heavy atom. The van der Waals surface area contributed by atoms with Gasteiger partial charge < -0.3 is 10.1 Å². The number of allylic oxidation sites excluding steroid dienone is 4. The molecule has 202 valence electrons. The fraction of sp³-hybridized carbons (Fsp3) is 0.414. The van der Waals surface area contributed by atoms with E-state index in [0.717, 1.165) is 24.0 Å². The summed E-state index contributed by atoms with van der Waals surface area (Å²) < 4.78 is 35.1. The van der Waals surface area contributed by atoms with E-state index in [0.29, 0.717) is 29.3 Å². The molecule has 0 saturated heterocycles. The van der Waals surface area contributed by atoms with Crippen molar-refractivity contribution in [2.75, 3.05) is 11.9 Å². The van der Waals surface area contributed by atoms with Crippen molar-refractivity contribution in [1.82, 2.24) is 0 Å². The lowest BCUT2D eigenvalue weighted by molar-refractivity contribution is -0.910. The first-order valence-corrected chi connectivity index (χ1v) is 13.3. The predicted molar refractivity (Wildman–Crippen MR) is 140 cm³/mol.